The molecule has 0 aromatic heterocycles. The molecule has 0 aromatic carbocycles. The fourth-order valence-corrected chi connectivity index (χ4v) is 3.73. The van der Waals surface area contributed by atoms with Crippen LogP contribution in [-0.2, 0) is 18.9 Å². The number of hydrogen-bond donors (Lipinski definition) is 10. The van der Waals surface area contributed by atoms with Crippen molar-refractivity contribution in [2.45, 2.75) is 92.9 Å². The Hall–Kier alpha value is -0.560. The van der Waals surface area contributed by atoms with Gasteiger partial charge in [0.2, 0.25) is 0 Å². The summed E-state index contributed by atoms with van der Waals surface area (Å²) < 4.78 is 22.2. The minimum Gasteiger partial charge on any atom is -0.395 e. The third kappa shape index (κ3) is 6.31. The highest BCUT2D eigenvalue weighted by Gasteiger charge is 2.50. The van der Waals surface area contributed by atoms with Crippen molar-refractivity contribution in [1.29, 1.82) is 0 Å². The zero-order valence-electron chi connectivity index (χ0n) is 17.8. The van der Waals surface area contributed by atoms with Gasteiger partial charge in [-0.2, -0.15) is 0 Å². The molecule has 1 heterocycles. The second-order valence-corrected chi connectivity index (χ2v) is 8.27. The lowest BCUT2D eigenvalue weighted by Crippen LogP contribution is -2.65. The highest BCUT2D eigenvalue weighted by molar-refractivity contribution is 5.00. The molecule has 0 amide bonds. The molecule has 1 aliphatic carbocycles. The first-order chi connectivity index (χ1) is 15.0. The van der Waals surface area contributed by atoms with E-state index in [9.17, 15) is 35.7 Å². The van der Waals surface area contributed by atoms with Crippen LogP contribution in [0.2, 0.25) is 0 Å². The van der Waals surface area contributed by atoms with Crippen molar-refractivity contribution in [3.05, 3.63) is 0 Å². The summed E-state index contributed by atoms with van der Waals surface area (Å²) in [7, 11) is 0. The second kappa shape index (κ2) is 12.2. The van der Waals surface area contributed by atoms with Gasteiger partial charge in [-0.15, -0.1) is 0 Å². The average molecular weight is 472 g/mol. The molecule has 2 fully saturated rings. The Morgan fingerprint density at radius 2 is 1.59 bits per heavy atom. The fourth-order valence-electron chi connectivity index (χ4n) is 3.73. The molecule has 1 saturated carbocycles. The molecule has 1 saturated heterocycles. The molecule has 0 aromatic rings. The summed E-state index contributed by atoms with van der Waals surface area (Å²) in [6.45, 7) is -0.297. The van der Waals surface area contributed by atoms with E-state index >= 15 is 0 Å². The van der Waals surface area contributed by atoms with Crippen molar-refractivity contribution < 1.29 is 54.7 Å². The predicted octanol–water partition coefficient (Wildman–Crippen LogP) is -5.98. The maximum Gasteiger partial charge on any atom is 0.187 e. The molecule has 2 aliphatic rings. The van der Waals surface area contributed by atoms with Crippen molar-refractivity contribution in [3.8, 4) is 0 Å². The molecule has 1 aliphatic heterocycles. The van der Waals surface area contributed by atoms with Crippen LogP contribution < -0.4 is 17.2 Å². The molecule has 0 radical (unpaired) electrons. The van der Waals surface area contributed by atoms with E-state index in [-0.39, 0.29) is 6.42 Å². The van der Waals surface area contributed by atoms with Crippen LogP contribution in [-0.4, -0.2) is 135 Å². The van der Waals surface area contributed by atoms with Crippen molar-refractivity contribution in [2.24, 2.45) is 17.2 Å². The van der Waals surface area contributed by atoms with Gasteiger partial charge in [-0.25, -0.2) is 0 Å². The quantitative estimate of drug-likeness (QED) is 0.126. The Balaban J connectivity index is 2.14. The van der Waals surface area contributed by atoms with Crippen LogP contribution in [0, 0.1) is 0 Å². The van der Waals surface area contributed by atoms with Gasteiger partial charge in [0.25, 0.3) is 0 Å². The normalized spacial score (nSPS) is 41.9. The van der Waals surface area contributed by atoms with Crippen LogP contribution in [0.4, 0.5) is 0 Å². The van der Waals surface area contributed by atoms with E-state index in [1.807, 2.05) is 0 Å². The van der Waals surface area contributed by atoms with Gasteiger partial charge < -0.3 is 71.9 Å². The van der Waals surface area contributed by atoms with Gasteiger partial charge in [0, 0.05) is 12.1 Å². The van der Waals surface area contributed by atoms with E-state index < -0.39 is 99.4 Å². The third-order valence-corrected chi connectivity index (χ3v) is 5.73. The summed E-state index contributed by atoms with van der Waals surface area (Å²) in [6.07, 6.45) is -12.5. The van der Waals surface area contributed by atoms with Crippen molar-refractivity contribution in [1.82, 2.24) is 0 Å². The minimum absolute atomic E-state index is 0.113. The van der Waals surface area contributed by atoms with Gasteiger partial charge in [0.1, 0.15) is 42.7 Å². The average Bonchev–Trinajstić information content (AvgIpc) is 3.02. The predicted molar refractivity (Wildman–Crippen MR) is 107 cm³/mol. The van der Waals surface area contributed by atoms with Crippen LogP contribution in [0.15, 0.2) is 0 Å². The topological polar surface area (TPSA) is 257 Å². The van der Waals surface area contributed by atoms with E-state index in [2.05, 4.69) is 0 Å². The molecule has 4 unspecified atom stereocenters. The van der Waals surface area contributed by atoms with Gasteiger partial charge in [-0.05, 0) is 13.3 Å². The Bertz CT molecular complexity index is 562. The molecular formula is C18H37N3O11. The van der Waals surface area contributed by atoms with Crippen LogP contribution in [0.3, 0.4) is 0 Å². The molecule has 0 spiro atoms. The maximum absolute atomic E-state index is 10.9. The number of rotatable bonds is 11. The lowest BCUT2D eigenvalue weighted by Gasteiger charge is -2.44. The molecule has 14 heteroatoms. The molecule has 13 N–H and O–H groups in total. The Morgan fingerprint density at radius 1 is 0.969 bits per heavy atom. The monoisotopic (exact) mass is 471 g/mol. The summed E-state index contributed by atoms with van der Waals surface area (Å²) in [5, 5.41) is 68.7. The highest BCUT2D eigenvalue weighted by Crippen LogP contribution is 2.30. The molecule has 32 heavy (non-hydrogen) atoms. The first kappa shape index (κ1) is 27.7. The van der Waals surface area contributed by atoms with E-state index in [1.165, 1.54) is 6.92 Å². The van der Waals surface area contributed by atoms with Gasteiger partial charge in [-0.3, -0.25) is 0 Å². The molecule has 14 nitrogen and oxygen atoms in total. The smallest absolute Gasteiger partial charge is 0.187 e. The zero-order chi connectivity index (χ0) is 24.2. The Morgan fingerprint density at radius 3 is 2.09 bits per heavy atom. The molecule has 0 bridgehead atoms. The highest BCUT2D eigenvalue weighted by atomic mass is 16.7. The lowest BCUT2D eigenvalue weighted by molar-refractivity contribution is -0.275. The van der Waals surface area contributed by atoms with Crippen LogP contribution in [0.1, 0.15) is 13.3 Å². The van der Waals surface area contributed by atoms with Crippen molar-refractivity contribution in [2.75, 3.05) is 19.8 Å². The zero-order valence-corrected chi connectivity index (χ0v) is 17.8. The number of hydrogen-bond acceptors (Lipinski definition) is 14. The van der Waals surface area contributed by atoms with Gasteiger partial charge in [0.05, 0.1) is 32.0 Å². The van der Waals surface area contributed by atoms with Crippen molar-refractivity contribution >= 4 is 0 Å². The summed E-state index contributed by atoms with van der Waals surface area (Å²) >= 11 is 0. The van der Waals surface area contributed by atoms with Gasteiger partial charge in [-0.1, -0.05) is 0 Å². The van der Waals surface area contributed by atoms with E-state index in [4.69, 9.17) is 36.1 Å². The van der Waals surface area contributed by atoms with E-state index in [0.29, 0.717) is 0 Å². The fraction of sp³-hybridized carbons (Fsp3) is 1.00. The number of ether oxygens (including phenoxy) is 4. The maximum atomic E-state index is 10.9. The first-order valence-electron chi connectivity index (χ1n) is 10.5. The standard InChI is InChI=1S/C18H37N3O11/c1-6(25)10(4-23)29-17(9(21)3-22)31-15-7(19)2-8(20)16(14(15)28)32-18-13(27)12(26)11(5-24)30-18/h6-18,22-28H,2-5,19-21H2,1H3/t6-,7?,8+,9-,10?,11+,12-,13?,14?,15+,16+,17+,18-/m0/s1. The number of aliphatic hydroxyl groups is 7. The first-order valence-corrected chi connectivity index (χ1v) is 10.5. The largest absolute Gasteiger partial charge is 0.395 e. The summed E-state index contributed by atoms with van der Waals surface area (Å²) in [5.74, 6) is 0. The van der Waals surface area contributed by atoms with Crippen molar-refractivity contribution in [3.63, 3.8) is 0 Å². The second-order valence-electron chi connectivity index (χ2n) is 8.27. The Kier molecular flexibility index (Phi) is 10.6. The Labute approximate surface area is 185 Å². The van der Waals surface area contributed by atoms with Gasteiger partial charge in [0.15, 0.2) is 12.6 Å². The number of aliphatic hydroxyl groups excluding tert-OH is 7. The lowest BCUT2D eigenvalue weighted by atomic mass is 9.84. The molecule has 2 rings (SSSR count). The van der Waals surface area contributed by atoms with E-state index in [1.54, 1.807) is 0 Å². The number of nitrogens with two attached hydrogens (primary N) is 3. The summed E-state index contributed by atoms with van der Waals surface area (Å²) in [5.41, 5.74) is 18.0. The van der Waals surface area contributed by atoms with Crippen LogP contribution in [0.25, 0.3) is 0 Å². The van der Waals surface area contributed by atoms with Gasteiger partial charge >= 0.3 is 0 Å². The molecule has 13 atom stereocenters. The third-order valence-electron chi connectivity index (χ3n) is 5.73. The minimum atomic E-state index is -1.49. The SMILES string of the molecule is C[C@H](O)C(CO)O[C@H](O[C@@H]1C(N)C[C@@H](N)[C@@H](O[C@@H]2O[C@H](CO)[C@H](O)C2O)C1O)[C@@H](N)CO. The van der Waals surface area contributed by atoms with Crippen LogP contribution >= 0.6 is 0 Å². The van der Waals surface area contributed by atoms with E-state index in [0.717, 1.165) is 0 Å². The molecular weight excluding hydrogens is 434 g/mol. The van der Waals surface area contributed by atoms with Crippen LogP contribution in [0.5, 0.6) is 0 Å². The summed E-state index contributed by atoms with van der Waals surface area (Å²) in [6, 6.07) is -2.70. The summed E-state index contributed by atoms with van der Waals surface area (Å²) in [4.78, 5) is 0. The molecule has 190 valence electrons.